The number of aliphatic carboxylic acids is 1. The Morgan fingerprint density at radius 3 is 0.841 bits per heavy atom. The zero-order valence-electron chi connectivity index (χ0n) is 66.1. The van der Waals surface area contributed by atoms with Gasteiger partial charge in [-0.05, 0) is 0 Å². The van der Waals surface area contributed by atoms with Gasteiger partial charge >= 0.3 is 367 Å². The van der Waals surface area contributed by atoms with Crippen LogP contribution in [0.25, 0.3) is 0 Å². The van der Waals surface area contributed by atoms with E-state index in [-0.39, 0.29) is 497 Å². The average Bonchev–Trinajstić information content (AvgIpc) is 1.63. The van der Waals surface area contributed by atoms with E-state index in [1.54, 1.807) is 0 Å². The first kappa shape index (κ1) is 364. The molecule has 4 saturated heterocycles. The van der Waals surface area contributed by atoms with Gasteiger partial charge in [0, 0.05) is 6.92 Å². The van der Waals surface area contributed by atoms with Crippen molar-refractivity contribution in [1.82, 2.24) is 5.32 Å². The van der Waals surface area contributed by atoms with Crippen LogP contribution in [0.4, 0.5) is 0 Å². The molecule has 0 saturated carbocycles. The van der Waals surface area contributed by atoms with Gasteiger partial charge in [0.1, 0.15) is 79.8 Å². The number of amides is 1. The molecule has 4 aliphatic rings. The summed E-state index contributed by atoms with van der Waals surface area (Å²) in [5, 5.41) is 70.4. The number of hydrogen-bond acceptors (Lipinski definition) is 70. The van der Waals surface area contributed by atoms with Gasteiger partial charge in [0.15, 0.2) is 37.2 Å². The minimum absolute atomic E-state index is 0. The maximum atomic E-state index is 11.9. The molecule has 0 aromatic carbocycles. The number of aliphatic hydroxyl groups excluding tert-OH is 6. The van der Waals surface area contributed by atoms with E-state index in [9.17, 15) is 135 Å². The van der Waals surface area contributed by atoms with Crippen LogP contribution in [-0.2, 0) is 198 Å². The number of carbonyl (C=O) groups excluding carboxylic acids is 1. The van der Waals surface area contributed by atoms with Gasteiger partial charge in [0.25, 0.3) is 0 Å². The van der Waals surface area contributed by atoms with Crippen LogP contribution in [0.15, 0.2) is 0 Å². The smallest absolute Gasteiger partial charge is 2.00 e. The van der Waals surface area contributed by atoms with Gasteiger partial charge in [-0.1, -0.05) is 0 Å². The third kappa shape index (κ3) is 127. The minimum atomic E-state index is -6.24. The van der Waals surface area contributed by atoms with E-state index in [2.05, 4.69) is 38.8 Å². The fourth-order valence-corrected chi connectivity index (χ4v) is 10.6. The molecule has 138 heavy (non-hydrogen) atoms. The number of nitrogens with one attached hydrogen (secondary N) is 1. The molecule has 48 N–H and O–H groups in total. The molecule has 1 unspecified atom stereocenters. The second-order valence-electron chi connectivity index (χ2n) is 15.9. The Bertz CT molecular complexity index is 3250. The van der Waals surface area contributed by atoms with Gasteiger partial charge in [0.2, 0.25) is 11.7 Å². The van der Waals surface area contributed by atoms with Crippen molar-refractivity contribution in [2.75, 3.05) is 26.4 Å². The van der Waals surface area contributed by atoms with Crippen LogP contribution in [0.5, 0.6) is 0 Å². The molecule has 0 aliphatic carbocycles. The Hall–Kier alpha value is 4.34. The second-order valence-corrected chi connectivity index (χ2v) is 24.5. The van der Waals surface area contributed by atoms with Gasteiger partial charge in [-0.2, -0.15) is 67.3 Å². The molecule has 4 rings (SSSR count). The first-order chi connectivity index (χ1) is 36.7. The zero-order chi connectivity index (χ0) is 63.5. The largest absolute Gasteiger partial charge is 3.00 e. The summed E-state index contributed by atoms with van der Waals surface area (Å²) in [6.45, 7) is -5.86. The van der Waals surface area contributed by atoms with E-state index >= 15 is 0 Å². The SMILES string of the molecule is CC(=O)N[C@@H]1[C@@H](O[C@@H]2O[C@H](C(=O)O)[C@@H](O)[C@H](O)[C@H]2O)[C@H](O)[C@@H](CO)O[C@H]1O.O=S(=O)(O)OC[C@H]1OC(COS(=O)(=O)O)(O[C@@H]2O[C@H](COS(=O)(=O)O)[C@@H](OS(=O)(=O)O)[C@H](OS(=O)(=O)O)[C@H]2OS(=O)(=O)O)[C@@H](OS(=O)(=O)O)[C@@H]1OS(=O)(=O)O.[Al+3].[Al+3].[Al+3].[Al+3].[Al+3].[Al+3].[Al+3].[Al+3].[Al+3].[Al+3].[Al+3].[Al+3].[Al+3].[Al+3].[Al+3].[Al+3].[O-2].[O-2].[O-2].[O-2].[O-2].[O-2].[O-2].[O-2].[OH-].[OH-].[OH-].[OH-].[OH-].[OH-].[OH-].[OH-].[OH-].[OH-].[OH-].[OH-].[OH-].[OH-].[OH-].[OH-].[OH-].[OH-].[OH-].[OH-].[OH-].[OH-].[OH-].[OH-].[OH-].[OH-].[OH-].[OH-].[OH-].[OH-].[OH-].[OH-]. The summed E-state index contributed by atoms with van der Waals surface area (Å²) in [5.74, 6) is -6.38. The molecule has 4 heterocycles. The fraction of sp³-hybridized carbons (Fsp3) is 0.923. The maximum Gasteiger partial charge on any atom is 3.00 e. The van der Waals surface area contributed by atoms with Crippen molar-refractivity contribution in [3.8, 4) is 0 Å². The predicted molar refractivity (Wildman–Crippen MR) is 392 cm³/mol. The van der Waals surface area contributed by atoms with Crippen LogP contribution in [0.3, 0.4) is 0 Å². The monoisotopic (exact) mass is 2480 g/mol. The molecule has 112 heteroatoms. The van der Waals surface area contributed by atoms with Crippen molar-refractivity contribution in [3.05, 3.63) is 0 Å². The Morgan fingerprint density at radius 2 is 0.580 bits per heavy atom. The first-order valence-electron chi connectivity index (χ1n) is 20.4. The molecule has 0 bridgehead atoms. The molecule has 1 amide bonds. The number of rotatable bonds is 26. The molecule has 0 radical (unpaired) electrons. The Balaban J connectivity index is -0.0000000150. The fourth-order valence-electron chi connectivity index (χ4n) is 7.19. The van der Waals surface area contributed by atoms with Crippen molar-refractivity contribution < 1.29 is 430 Å². The molecule has 19 atom stereocenters. The number of carbonyl (C=O) groups is 2. The number of ether oxygens (including phenoxy) is 6. The van der Waals surface area contributed by atoms with Gasteiger partial charge in [0.05, 0.1) is 19.8 Å². The summed E-state index contributed by atoms with van der Waals surface area (Å²) < 4.78 is 322. The van der Waals surface area contributed by atoms with Crippen molar-refractivity contribution >= 4 is 373 Å². The summed E-state index contributed by atoms with van der Waals surface area (Å²) in [6.07, 6.45) is -41.8. The number of carboxylic acids is 1. The van der Waals surface area contributed by atoms with E-state index in [1.807, 2.05) is 0 Å². The summed E-state index contributed by atoms with van der Waals surface area (Å²) in [5.41, 5.74) is 0. The average molecular weight is 2480 g/mol. The summed E-state index contributed by atoms with van der Waals surface area (Å²) in [7, 11) is -48.3. The molecular weight excluding hydrogens is 2410 g/mol. The summed E-state index contributed by atoms with van der Waals surface area (Å²) in [6, 6.07) is -1.37. The predicted octanol–water partition coefficient (Wildman–Crippen LogP) is -24.6. The van der Waals surface area contributed by atoms with E-state index in [1.165, 1.54) is 0 Å². The van der Waals surface area contributed by atoms with E-state index in [0.29, 0.717) is 0 Å². The normalized spacial score (nSPS) is 21.1. The standard InChI is InChI=1S/C14H23NO12.C12H22O35S8.16Al.32H2O.8O/c1-3(17)15-5-10(6(18)4(2-16)25-13(5)24)26-14-9(21)7(19)8(20)11(27-14)12(22)23;13-48(14,15)37-1-4-6(43-51(22,23)24)8(45-53(28,29)30)9(46-54(31,32)33)11(40-4)42-12(3-39-50(19,20)21)10(47-55(34,35)36)7(44-52(25,26)27)5(41-12)2-38-49(16,17)18;;;;;;;;;;;;;;;;;;;;;;;;;;;;;;;;;;;;;;;;;;;;;;;;;;;;;;;;/h4-11,13-14,16,18-21,24H,2H2,1H3,(H,15,17)(H,22,23);4-11H,1-3H2,(H,13,14,15)(H,16,17,18)(H,19,20,21)(H,22,23,24)(H,25,26,27)(H,28,29,30)(H,31,32,33)(H,34,35,36);;;;;;;;;;;;;;;;;32*1H2;;;;;;;;/q;;16*+3;;;;;;;;;;;;;;;;;;;;;;;;;;;;;;;;;8*-2/p-32/t4-,5-,6-,7+,8+,9-,10-,11+,13-,14-;4-,5-,6-,7-,8+,9-,10+,11+,12?;;;;;;;;;;;;;;;;;;;;;;;;;;;;;;;;;;;;;;;;;;;;;;;;;;;;;;;;/m11......................................................../s1. The molecule has 804 valence electrons. The second kappa shape index (κ2) is 148. The van der Waals surface area contributed by atoms with Crippen molar-refractivity contribution in [1.29, 1.82) is 0 Å². The minimum Gasteiger partial charge on any atom is -2.00 e. The van der Waals surface area contributed by atoms with Crippen LogP contribution in [0, 0.1) is 0 Å². The third-order valence-electron chi connectivity index (χ3n) is 10.0. The quantitative estimate of drug-likeness (QED) is 0.0282. The molecule has 0 aromatic rings. The Kier molecular flexibility index (Phi) is 390. The van der Waals surface area contributed by atoms with Gasteiger partial charge < -0.3 is 289 Å². The maximum absolute atomic E-state index is 11.9. The molecule has 0 aromatic heterocycles. The van der Waals surface area contributed by atoms with Gasteiger partial charge in [-0.25, -0.2) is 38.3 Å². The molecule has 88 nitrogen and oxygen atoms in total. The molecular formula is C26H77Al16NO87S8. The molecule has 0 spiro atoms. The van der Waals surface area contributed by atoms with Crippen LogP contribution in [-0.4, -0.2) is 747 Å². The third-order valence-corrected chi connectivity index (χ3v) is 13.6. The Labute approximate surface area is 948 Å². The van der Waals surface area contributed by atoms with Gasteiger partial charge in [-0.15, -0.1) is 0 Å². The van der Waals surface area contributed by atoms with Crippen molar-refractivity contribution in [3.63, 3.8) is 0 Å². The van der Waals surface area contributed by atoms with Gasteiger partial charge in [-0.3, -0.25) is 41.2 Å². The van der Waals surface area contributed by atoms with E-state index < -0.39 is 238 Å². The summed E-state index contributed by atoms with van der Waals surface area (Å²) in [4.78, 5) is 22.5. The van der Waals surface area contributed by atoms with Crippen LogP contribution < -0.4 is 5.32 Å². The first-order valence-corrected chi connectivity index (χ1v) is 31.3. The van der Waals surface area contributed by atoms with Crippen LogP contribution in [0.2, 0.25) is 0 Å². The Morgan fingerprint density at radius 1 is 0.312 bits per heavy atom. The summed E-state index contributed by atoms with van der Waals surface area (Å²) >= 11 is 0. The van der Waals surface area contributed by atoms with Crippen molar-refractivity contribution in [2.24, 2.45) is 0 Å². The van der Waals surface area contributed by atoms with Crippen molar-refractivity contribution in [2.45, 2.75) is 123 Å². The molecule has 4 aliphatic heterocycles. The topological polar surface area (TPSA) is 1940 Å². The van der Waals surface area contributed by atoms with Crippen LogP contribution >= 0.6 is 0 Å². The van der Waals surface area contributed by atoms with E-state index in [0.717, 1.165) is 6.92 Å². The molecule has 4 fully saturated rings. The van der Waals surface area contributed by atoms with E-state index in [4.69, 9.17) is 42.6 Å². The number of aliphatic hydroxyl groups is 6. The van der Waals surface area contributed by atoms with Crippen LogP contribution in [0.1, 0.15) is 6.92 Å². The zero-order valence-corrected chi connectivity index (χ0v) is 91.1. The number of hydrogen-bond donors (Lipinski definition) is 16. The number of carboxylic acid groups (broad SMARTS) is 1.